The highest BCUT2D eigenvalue weighted by molar-refractivity contribution is 9.10. The lowest BCUT2D eigenvalue weighted by atomic mass is 10.2. The second kappa shape index (κ2) is 4.68. The molecule has 0 atom stereocenters. The third-order valence-corrected chi connectivity index (χ3v) is 3.45. The van der Waals surface area contributed by atoms with Gasteiger partial charge in [-0.15, -0.1) is 11.3 Å². The minimum absolute atomic E-state index is 0.0462. The lowest BCUT2D eigenvalue weighted by Crippen LogP contribution is -2.05. The fourth-order valence-corrected chi connectivity index (χ4v) is 2.43. The van der Waals surface area contributed by atoms with Crippen LogP contribution in [-0.2, 0) is 6.42 Å². The number of ketones is 1. The van der Waals surface area contributed by atoms with Crippen LogP contribution in [0.2, 0.25) is 0 Å². The molecular formula is C11H8BrNOS. The first-order valence-electron chi connectivity index (χ1n) is 4.43. The summed E-state index contributed by atoms with van der Waals surface area (Å²) in [4.78, 5) is 17.0. The molecular weight excluding hydrogens is 274 g/mol. The number of Topliss-reactive ketones (excluding diaryl/α,β-unsaturated/α-hetero) is 1. The SMILES string of the molecule is O=C(Cc1cccs1)c1ncccc1Br. The van der Waals surface area contributed by atoms with Crippen LogP contribution in [-0.4, -0.2) is 10.8 Å². The summed E-state index contributed by atoms with van der Waals surface area (Å²) >= 11 is 4.91. The van der Waals surface area contributed by atoms with Crippen molar-refractivity contribution in [3.63, 3.8) is 0 Å². The Morgan fingerprint density at radius 3 is 2.93 bits per heavy atom. The Bertz CT molecular complexity index is 467. The molecule has 0 amide bonds. The van der Waals surface area contributed by atoms with E-state index >= 15 is 0 Å². The summed E-state index contributed by atoms with van der Waals surface area (Å²) in [6, 6.07) is 7.53. The quantitative estimate of drug-likeness (QED) is 0.808. The van der Waals surface area contributed by atoms with Crippen LogP contribution in [0.5, 0.6) is 0 Å². The van der Waals surface area contributed by atoms with Crippen molar-refractivity contribution in [1.82, 2.24) is 4.98 Å². The largest absolute Gasteiger partial charge is 0.292 e. The van der Waals surface area contributed by atoms with Gasteiger partial charge in [-0.2, -0.15) is 0 Å². The van der Waals surface area contributed by atoms with E-state index in [1.54, 1.807) is 23.6 Å². The Morgan fingerprint density at radius 1 is 1.40 bits per heavy atom. The molecule has 15 heavy (non-hydrogen) atoms. The zero-order valence-corrected chi connectivity index (χ0v) is 10.2. The molecule has 76 valence electrons. The number of carbonyl (C=O) groups excluding carboxylic acids is 1. The molecule has 0 fully saturated rings. The topological polar surface area (TPSA) is 30.0 Å². The van der Waals surface area contributed by atoms with Crippen molar-refractivity contribution in [1.29, 1.82) is 0 Å². The molecule has 0 bridgehead atoms. The van der Waals surface area contributed by atoms with Gasteiger partial charge in [0.15, 0.2) is 5.78 Å². The van der Waals surface area contributed by atoms with E-state index in [1.807, 2.05) is 23.6 Å². The number of nitrogens with zero attached hydrogens (tertiary/aromatic N) is 1. The van der Waals surface area contributed by atoms with Crippen LogP contribution in [0.25, 0.3) is 0 Å². The Labute approximate surface area is 100 Å². The van der Waals surface area contributed by atoms with Crippen LogP contribution in [0.1, 0.15) is 15.4 Å². The van der Waals surface area contributed by atoms with E-state index in [-0.39, 0.29) is 5.78 Å². The molecule has 0 saturated heterocycles. The standard InChI is InChI=1S/C11H8BrNOS/c12-9-4-1-5-13-11(9)10(14)7-8-3-2-6-15-8/h1-6H,7H2. The lowest BCUT2D eigenvalue weighted by molar-refractivity contribution is 0.0988. The fourth-order valence-electron chi connectivity index (χ4n) is 1.25. The van der Waals surface area contributed by atoms with Crippen LogP contribution >= 0.6 is 27.3 Å². The Morgan fingerprint density at radius 2 is 2.27 bits per heavy atom. The molecule has 0 aromatic carbocycles. The first-order valence-corrected chi connectivity index (χ1v) is 6.11. The van der Waals surface area contributed by atoms with E-state index in [4.69, 9.17) is 0 Å². The van der Waals surface area contributed by atoms with Crippen molar-refractivity contribution in [2.24, 2.45) is 0 Å². The number of pyridine rings is 1. The maximum Gasteiger partial charge on any atom is 0.187 e. The normalized spacial score (nSPS) is 10.2. The summed E-state index contributed by atoms with van der Waals surface area (Å²) in [5, 5.41) is 1.97. The summed E-state index contributed by atoms with van der Waals surface area (Å²) < 4.78 is 0.756. The Hall–Kier alpha value is -1.00. The number of halogens is 1. The second-order valence-corrected chi connectivity index (χ2v) is 4.90. The molecule has 2 rings (SSSR count). The molecule has 0 radical (unpaired) electrons. The molecule has 2 aromatic rings. The summed E-state index contributed by atoms with van der Waals surface area (Å²) in [7, 11) is 0. The molecule has 0 aliphatic carbocycles. The van der Waals surface area contributed by atoms with Gasteiger partial charge in [0.05, 0.1) is 0 Å². The van der Waals surface area contributed by atoms with Crippen LogP contribution in [0.3, 0.4) is 0 Å². The second-order valence-electron chi connectivity index (χ2n) is 3.01. The predicted octanol–water partition coefficient (Wildman–Crippen LogP) is 3.33. The molecule has 0 unspecified atom stereocenters. The lowest BCUT2D eigenvalue weighted by Gasteiger charge is -2.00. The molecule has 0 N–H and O–H groups in total. The van der Waals surface area contributed by atoms with Gasteiger partial charge in [0, 0.05) is 22.0 Å². The molecule has 0 spiro atoms. The van der Waals surface area contributed by atoms with E-state index < -0.39 is 0 Å². The van der Waals surface area contributed by atoms with E-state index in [1.165, 1.54) is 0 Å². The number of aromatic nitrogens is 1. The number of thiophene rings is 1. The highest BCUT2D eigenvalue weighted by Gasteiger charge is 2.11. The minimum atomic E-state index is 0.0462. The highest BCUT2D eigenvalue weighted by Crippen LogP contribution is 2.17. The summed E-state index contributed by atoms with van der Waals surface area (Å²) in [6.45, 7) is 0. The minimum Gasteiger partial charge on any atom is -0.292 e. The first-order chi connectivity index (χ1) is 7.27. The van der Waals surface area contributed by atoms with Crippen molar-refractivity contribution < 1.29 is 4.79 Å². The van der Waals surface area contributed by atoms with Crippen LogP contribution in [0, 0.1) is 0 Å². The van der Waals surface area contributed by atoms with Crippen molar-refractivity contribution in [3.05, 3.63) is 50.9 Å². The fraction of sp³-hybridized carbons (Fsp3) is 0.0909. The zero-order chi connectivity index (χ0) is 10.7. The molecule has 2 heterocycles. The summed E-state index contributed by atoms with van der Waals surface area (Å²) in [5.74, 6) is 0.0462. The van der Waals surface area contributed by atoms with E-state index in [0.29, 0.717) is 12.1 Å². The Balaban J connectivity index is 2.19. The van der Waals surface area contributed by atoms with Gasteiger partial charge in [0.2, 0.25) is 0 Å². The van der Waals surface area contributed by atoms with Crippen molar-refractivity contribution in [2.45, 2.75) is 6.42 Å². The van der Waals surface area contributed by atoms with Gasteiger partial charge in [-0.1, -0.05) is 6.07 Å². The molecule has 2 aromatic heterocycles. The maximum absolute atomic E-state index is 11.8. The smallest absolute Gasteiger partial charge is 0.187 e. The number of hydrogen-bond donors (Lipinski definition) is 0. The van der Waals surface area contributed by atoms with Crippen LogP contribution in [0.15, 0.2) is 40.3 Å². The number of hydrogen-bond acceptors (Lipinski definition) is 3. The number of rotatable bonds is 3. The zero-order valence-electron chi connectivity index (χ0n) is 7.81. The molecule has 4 heteroatoms. The monoisotopic (exact) mass is 281 g/mol. The third-order valence-electron chi connectivity index (χ3n) is 1.94. The third kappa shape index (κ3) is 2.52. The average molecular weight is 282 g/mol. The maximum atomic E-state index is 11.8. The van der Waals surface area contributed by atoms with Crippen LogP contribution in [0.4, 0.5) is 0 Å². The van der Waals surface area contributed by atoms with Gasteiger partial charge < -0.3 is 0 Å². The van der Waals surface area contributed by atoms with Gasteiger partial charge in [-0.05, 0) is 39.5 Å². The van der Waals surface area contributed by atoms with Gasteiger partial charge >= 0.3 is 0 Å². The van der Waals surface area contributed by atoms with Gasteiger partial charge in [-0.3, -0.25) is 9.78 Å². The van der Waals surface area contributed by atoms with Crippen LogP contribution < -0.4 is 0 Å². The first kappa shape index (κ1) is 10.5. The Kier molecular flexibility index (Phi) is 3.28. The predicted molar refractivity (Wildman–Crippen MR) is 64.3 cm³/mol. The van der Waals surface area contributed by atoms with Gasteiger partial charge in [-0.25, -0.2) is 0 Å². The van der Waals surface area contributed by atoms with E-state index in [0.717, 1.165) is 9.35 Å². The van der Waals surface area contributed by atoms with E-state index in [9.17, 15) is 4.79 Å². The summed E-state index contributed by atoms with van der Waals surface area (Å²) in [6.07, 6.45) is 2.06. The van der Waals surface area contributed by atoms with Gasteiger partial charge in [0.1, 0.15) is 5.69 Å². The van der Waals surface area contributed by atoms with Crippen molar-refractivity contribution in [2.75, 3.05) is 0 Å². The van der Waals surface area contributed by atoms with Crippen molar-refractivity contribution in [3.8, 4) is 0 Å². The van der Waals surface area contributed by atoms with Crippen molar-refractivity contribution >= 4 is 33.0 Å². The number of carbonyl (C=O) groups is 1. The molecule has 0 saturated carbocycles. The molecule has 0 aliphatic heterocycles. The average Bonchev–Trinajstić information content (AvgIpc) is 2.71. The van der Waals surface area contributed by atoms with E-state index in [2.05, 4.69) is 20.9 Å². The summed E-state index contributed by atoms with van der Waals surface area (Å²) in [5.41, 5.74) is 0.505. The molecule has 2 nitrogen and oxygen atoms in total. The highest BCUT2D eigenvalue weighted by atomic mass is 79.9. The van der Waals surface area contributed by atoms with Gasteiger partial charge in [0.25, 0.3) is 0 Å². The molecule has 0 aliphatic rings.